The lowest BCUT2D eigenvalue weighted by atomic mass is 9.58. The van der Waals surface area contributed by atoms with Gasteiger partial charge in [-0.05, 0) is 50.4 Å². The number of allylic oxidation sites excluding steroid dienone is 1. The minimum absolute atomic E-state index is 0.0195. The lowest BCUT2D eigenvalue weighted by molar-refractivity contribution is -0.148. The van der Waals surface area contributed by atoms with Gasteiger partial charge < -0.3 is 36.8 Å². The van der Waals surface area contributed by atoms with Gasteiger partial charge in [-0.3, -0.25) is 28.4 Å². The number of likely N-dealkylation sites (N-methyl/N-ethyl adjacent to an activating group) is 1. The van der Waals surface area contributed by atoms with Crippen LogP contribution in [0.5, 0.6) is 5.75 Å². The highest BCUT2D eigenvalue weighted by molar-refractivity contribution is 7.79. The van der Waals surface area contributed by atoms with Crippen LogP contribution in [0, 0.1) is 17.8 Å². The number of aliphatic hydroxyl groups excluding tert-OH is 2. The second kappa shape index (κ2) is 11.2. The van der Waals surface area contributed by atoms with Crippen LogP contribution in [0.15, 0.2) is 28.7 Å². The second-order valence-electron chi connectivity index (χ2n) is 11.4. The Labute approximate surface area is 242 Å². The molecule has 3 aliphatic carbocycles. The van der Waals surface area contributed by atoms with Crippen molar-refractivity contribution < 1.29 is 52.3 Å². The third-order valence-electron chi connectivity index (χ3n) is 7.78. The van der Waals surface area contributed by atoms with Gasteiger partial charge >= 0.3 is 10.4 Å². The van der Waals surface area contributed by atoms with Crippen molar-refractivity contribution in [1.29, 1.82) is 0 Å². The Kier molecular flexibility index (Phi) is 8.73. The van der Waals surface area contributed by atoms with Crippen molar-refractivity contribution >= 4 is 39.2 Å². The smallest absolute Gasteiger partial charge is 0.394 e. The number of phenolic OH excluding ortho intramolecular Hbond substituents is 1. The Bertz CT molecular complexity index is 1510. The number of anilines is 2. The Morgan fingerprint density at radius 1 is 1.14 bits per heavy atom. The number of aromatic hydroxyl groups is 1. The standard InChI is InChI=1S/C26H34N4O7.H2O4S/c1-10(2)9-30(5)15-8-14(27)20(31)17-12(15)6-11-7-13-19(29(3)4)22(33)18(25(28)36)24(35)26(13,37)23(34)16(11)21(17)32;1-5(2,3)4/h8,10-11,13,19,31,33-34,37H,6-7,9,27H2,1-5H3,(H2,28,36);(H2,1,2,3,4)/t11?,13?,19-,26-;/m0./s1. The molecule has 0 bridgehead atoms. The van der Waals surface area contributed by atoms with Crippen LogP contribution in [0.4, 0.5) is 11.4 Å². The van der Waals surface area contributed by atoms with Crippen LogP contribution in [0.2, 0.25) is 0 Å². The second-order valence-corrected chi connectivity index (χ2v) is 12.3. The number of hydrogen-bond acceptors (Lipinski definition) is 12. The summed E-state index contributed by atoms with van der Waals surface area (Å²) in [7, 11) is 0.370. The number of benzene rings is 1. The molecule has 4 rings (SSSR count). The van der Waals surface area contributed by atoms with Crippen LogP contribution in [0.1, 0.15) is 36.2 Å². The average molecular weight is 613 g/mol. The number of carbonyl (C=O) groups is 3. The van der Waals surface area contributed by atoms with E-state index in [1.54, 1.807) is 20.2 Å². The minimum Gasteiger partial charge on any atom is -0.510 e. The van der Waals surface area contributed by atoms with Crippen LogP contribution in [0.3, 0.4) is 0 Å². The number of primary amides is 1. The number of rotatable bonds is 5. The van der Waals surface area contributed by atoms with Crippen LogP contribution in [-0.4, -0.2) is 99.7 Å². The topological polar surface area (TPSA) is 265 Å². The molecule has 4 atom stereocenters. The molecule has 16 heteroatoms. The number of nitrogens with zero attached hydrogens (tertiary/aromatic N) is 2. The highest BCUT2D eigenvalue weighted by atomic mass is 32.3. The molecule has 2 unspecified atom stereocenters. The van der Waals surface area contributed by atoms with E-state index in [4.69, 9.17) is 29.0 Å². The summed E-state index contributed by atoms with van der Waals surface area (Å²) in [6, 6.07) is 0.575. The SMILES string of the molecule is CC(C)CN(C)c1cc(N)c(O)c2c1CC1CC3[C@H](N(C)C)C(O)=C(C(N)=O)C(=O)[C@@]3(O)C(O)=C1C2=O.O=S(=O)(O)O. The molecule has 3 aliphatic rings. The Morgan fingerprint density at radius 2 is 1.69 bits per heavy atom. The predicted molar refractivity (Wildman–Crippen MR) is 150 cm³/mol. The number of ketones is 2. The molecule has 10 N–H and O–H groups in total. The van der Waals surface area contributed by atoms with Crippen molar-refractivity contribution in [3.63, 3.8) is 0 Å². The molecule has 0 radical (unpaired) electrons. The van der Waals surface area contributed by atoms with E-state index in [1.165, 1.54) is 4.90 Å². The Hall–Kier alpha value is -3.70. The van der Waals surface area contributed by atoms with Crippen LogP contribution >= 0.6 is 0 Å². The first-order valence-electron chi connectivity index (χ1n) is 12.8. The summed E-state index contributed by atoms with van der Waals surface area (Å²) in [4.78, 5) is 42.7. The normalized spacial score (nSPS) is 25.5. The molecule has 0 fully saturated rings. The van der Waals surface area contributed by atoms with Gasteiger partial charge in [0, 0.05) is 30.8 Å². The molecule has 42 heavy (non-hydrogen) atoms. The van der Waals surface area contributed by atoms with Gasteiger partial charge in [-0.1, -0.05) is 13.8 Å². The van der Waals surface area contributed by atoms with Gasteiger partial charge in [0.15, 0.2) is 11.4 Å². The number of phenols is 1. The first-order valence-corrected chi connectivity index (χ1v) is 14.2. The molecule has 0 heterocycles. The fourth-order valence-corrected chi connectivity index (χ4v) is 6.31. The molecule has 1 amide bonds. The fourth-order valence-electron chi connectivity index (χ4n) is 6.31. The molecule has 0 aromatic heterocycles. The van der Waals surface area contributed by atoms with Gasteiger partial charge in [0.05, 0.1) is 17.3 Å². The zero-order valence-corrected chi connectivity index (χ0v) is 24.5. The molecule has 1 aromatic rings. The summed E-state index contributed by atoms with van der Waals surface area (Å²) in [5.41, 5.74) is 8.79. The van der Waals surface area contributed by atoms with Crippen molar-refractivity contribution in [2.45, 2.75) is 38.3 Å². The van der Waals surface area contributed by atoms with Crippen molar-refractivity contribution in [2.75, 3.05) is 38.3 Å². The number of nitrogens with two attached hydrogens (primary N) is 2. The van der Waals surface area contributed by atoms with Gasteiger partial charge in [-0.2, -0.15) is 8.42 Å². The number of aliphatic hydroxyl groups is 3. The Morgan fingerprint density at radius 3 is 2.17 bits per heavy atom. The van der Waals surface area contributed by atoms with E-state index < -0.39 is 74.2 Å². The maximum Gasteiger partial charge on any atom is 0.394 e. The molecular weight excluding hydrogens is 576 g/mol. The first-order chi connectivity index (χ1) is 19.1. The summed E-state index contributed by atoms with van der Waals surface area (Å²) in [5.74, 6) is -6.63. The van der Waals surface area contributed by atoms with E-state index in [0.717, 1.165) is 0 Å². The number of carbonyl (C=O) groups excluding carboxylic acids is 3. The third kappa shape index (κ3) is 5.55. The van der Waals surface area contributed by atoms with E-state index in [2.05, 4.69) is 0 Å². The number of nitrogen functional groups attached to an aromatic ring is 1. The van der Waals surface area contributed by atoms with Crippen LogP contribution < -0.4 is 16.4 Å². The van der Waals surface area contributed by atoms with Crippen molar-refractivity contribution in [3.05, 3.63) is 39.9 Å². The molecule has 15 nitrogen and oxygen atoms in total. The van der Waals surface area contributed by atoms with Gasteiger partial charge in [0.1, 0.15) is 22.8 Å². The molecule has 0 aliphatic heterocycles. The number of hydrogen-bond donors (Lipinski definition) is 8. The quantitative estimate of drug-likeness (QED) is 0.0952. The van der Waals surface area contributed by atoms with Crippen molar-refractivity contribution in [1.82, 2.24) is 4.90 Å². The van der Waals surface area contributed by atoms with E-state index in [1.807, 2.05) is 25.8 Å². The highest BCUT2D eigenvalue weighted by Crippen LogP contribution is 2.53. The Balaban J connectivity index is 0.000000892. The zero-order valence-electron chi connectivity index (χ0n) is 23.7. The van der Waals surface area contributed by atoms with Crippen LogP contribution in [-0.2, 0) is 26.4 Å². The van der Waals surface area contributed by atoms with E-state index in [9.17, 15) is 34.8 Å². The molecule has 232 valence electrons. The summed E-state index contributed by atoms with van der Waals surface area (Å²) < 4.78 is 31.6. The summed E-state index contributed by atoms with van der Waals surface area (Å²) in [6.07, 6.45) is 0.240. The summed E-state index contributed by atoms with van der Waals surface area (Å²) in [5, 5.41) is 44.7. The molecular formula is C26H36N4O11S. The molecule has 0 saturated heterocycles. The predicted octanol–water partition coefficient (Wildman–Crippen LogP) is 0.142. The van der Waals surface area contributed by atoms with E-state index in [-0.39, 0.29) is 29.7 Å². The summed E-state index contributed by atoms with van der Waals surface area (Å²) in [6.45, 7) is 4.73. The lowest BCUT2D eigenvalue weighted by Crippen LogP contribution is -2.63. The third-order valence-corrected chi connectivity index (χ3v) is 7.78. The maximum absolute atomic E-state index is 13.8. The number of Topliss-reactive ketones (excluding diaryl/α,β-unsaturated/α-hetero) is 2. The zero-order chi connectivity index (χ0) is 32.2. The van der Waals surface area contributed by atoms with E-state index >= 15 is 0 Å². The van der Waals surface area contributed by atoms with Gasteiger partial charge in [0.2, 0.25) is 5.78 Å². The fraction of sp³-hybridized carbons (Fsp3) is 0.500. The number of amides is 1. The monoisotopic (exact) mass is 612 g/mol. The van der Waals surface area contributed by atoms with E-state index in [0.29, 0.717) is 23.7 Å². The molecule has 0 spiro atoms. The molecule has 0 saturated carbocycles. The summed E-state index contributed by atoms with van der Waals surface area (Å²) >= 11 is 0. The van der Waals surface area contributed by atoms with Crippen molar-refractivity contribution in [3.8, 4) is 5.75 Å². The van der Waals surface area contributed by atoms with Gasteiger partial charge in [0.25, 0.3) is 5.91 Å². The lowest BCUT2D eigenvalue weighted by Gasteiger charge is -2.50. The first kappa shape index (κ1) is 32.8. The van der Waals surface area contributed by atoms with Gasteiger partial charge in [-0.25, -0.2) is 0 Å². The average Bonchev–Trinajstić information content (AvgIpc) is 2.81. The maximum atomic E-state index is 13.8. The van der Waals surface area contributed by atoms with Gasteiger partial charge in [-0.15, -0.1) is 0 Å². The largest absolute Gasteiger partial charge is 0.510 e. The number of fused-ring (bicyclic) bond motifs is 3. The molecule has 1 aromatic carbocycles. The minimum atomic E-state index is -4.67. The van der Waals surface area contributed by atoms with Crippen molar-refractivity contribution in [2.24, 2.45) is 23.5 Å². The highest BCUT2D eigenvalue weighted by Gasteiger charge is 2.63. The van der Waals surface area contributed by atoms with Crippen LogP contribution in [0.25, 0.3) is 0 Å².